The van der Waals surface area contributed by atoms with E-state index in [2.05, 4.69) is 5.32 Å². The van der Waals surface area contributed by atoms with Crippen molar-refractivity contribution < 1.29 is 9.59 Å². The Morgan fingerprint density at radius 2 is 1.78 bits per heavy atom. The Labute approximate surface area is 107 Å². The van der Waals surface area contributed by atoms with Crippen LogP contribution < -0.4 is 16.8 Å². The predicted molar refractivity (Wildman–Crippen MR) is 71.0 cm³/mol. The minimum absolute atomic E-state index is 0.270. The summed E-state index contributed by atoms with van der Waals surface area (Å²) in [5.74, 6) is -0.925. The fourth-order valence-corrected chi connectivity index (χ4v) is 1.41. The van der Waals surface area contributed by atoms with Crippen molar-refractivity contribution >= 4 is 17.5 Å². The van der Waals surface area contributed by atoms with Crippen LogP contribution in [0.3, 0.4) is 0 Å². The van der Waals surface area contributed by atoms with Crippen molar-refractivity contribution in [3.8, 4) is 0 Å². The van der Waals surface area contributed by atoms with Gasteiger partial charge >= 0.3 is 0 Å². The maximum absolute atomic E-state index is 11.9. The van der Waals surface area contributed by atoms with E-state index in [1.54, 1.807) is 24.3 Å². The van der Waals surface area contributed by atoms with Crippen LogP contribution >= 0.6 is 0 Å². The molecule has 5 heteroatoms. The quantitative estimate of drug-likeness (QED) is 0.748. The molecular formula is C13H19N3O2. The van der Waals surface area contributed by atoms with Gasteiger partial charge in [-0.25, -0.2) is 0 Å². The number of benzene rings is 1. The number of primary amides is 1. The number of carbonyl (C=O) groups is 2. The number of hydrogen-bond acceptors (Lipinski definition) is 3. The van der Waals surface area contributed by atoms with Crippen molar-refractivity contribution in [3.05, 3.63) is 29.8 Å². The Kier molecular flexibility index (Phi) is 4.08. The molecule has 2 amide bonds. The van der Waals surface area contributed by atoms with E-state index in [0.29, 0.717) is 5.69 Å². The van der Waals surface area contributed by atoms with E-state index in [-0.39, 0.29) is 16.9 Å². The van der Waals surface area contributed by atoms with Gasteiger partial charge in [-0.15, -0.1) is 0 Å². The molecular weight excluding hydrogens is 230 g/mol. The van der Waals surface area contributed by atoms with E-state index in [9.17, 15) is 9.59 Å². The number of amides is 2. The lowest BCUT2D eigenvalue weighted by atomic mass is 9.87. The molecule has 0 aliphatic rings. The largest absolute Gasteiger partial charge is 0.366 e. The zero-order valence-corrected chi connectivity index (χ0v) is 10.9. The van der Waals surface area contributed by atoms with Gasteiger partial charge in [-0.05, 0) is 17.5 Å². The third-order valence-electron chi connectivity index (χ3n) is 2.67. The van der Waals surface area contributed by atoms with E-state index in [0.717, 1.165) is 0 Å². The minimum Gasteiger partial charge on any atom is -0.366 e. The van der Waals surface area contributed by atoms with Crippen LogP contribution in [0, 0.1) is 5.41 Å². The zero-order chi connectivity index (χ0) is 13.9. The van der Waals surface area contributed by atoms with Crippen molar-refractivity contribution in [2.24, 2.45) is 16.9 Å². The van der Waals surface area contributed by atoms with Gasteiger partial charge in [0, 0.05) is 0 Å². The van der Waals surface area contributed by atoms with E-state index in [4.69, 9.17) is 11.5 Å². The second-order valence-electron chi connectivity index (χ2n) is 5.24. The second-order valence-corrected chi connectivity index (χ2v) is 5.24. The first kappa shape index (κ1) is 14.2. The smallest absolute Gasteiger partial charge is 0.250 e. The number of para-hydroxylation sites is 1. The molecule has 1 aromatic rings. The Morgan fingerprint density at radius 1 is 1.22 bits per heavy atom. The monoisotopic (exact) mass is 249 g/mol. The van der Waals surface area contributed by atoms with Crippen LogP contribution in [0.1, 0.15) is 31.1 Å². The second kappa shape index (κ2) is 5.18. The average Bonchev–Trinajstić information content (AvgIpc) is 2.27. The molecule has 18 heavy (non-hydrogen) atoms. The van der Waals surface area contributed by atoms with E-state index < -0.39 is 11.9 Å². The molecule has 1 aromatic carbocycles. The molecule has 5 nitrogen and oxygen atoms in total. The van der Waals surface area contributed by atoms with E-state index in [1.807, 2.05) is 20.8 Å². The van der Waals surface area contributed by atoms with Gasteiger partial charge in [0.1, 0.15) is 0 Å². The van der Waals surface area contributed by atoms with Gasteiger partial charge < -0.3 is 16.8 Å². The van der Waals surface area contributed by atoms with Crippen LogP contribution in [-0.2, 0) is 4.79 Å². The first-order chi connectivity index (χ1) is 8.23. The van der Waals surface area contributed by atoms with Crippen LogP contribution in [0.25, 0.3) is 0 Å². The maximum atomic E-state index is 11.9. The van der Waals surface area contributed by atoms with Crippen LogP contribution in [-0.4, -0.2) is 17.9 Å². The van der Waals surface area contributed by atoms with Crippen LogP contribution in [0.4, 0.5) is 5.69 Å². The number of nitrogens with two attached hydrogens (primary N) is 2. The fourth-order valence-electron chi connectivity index (χ4n) is 1.41. The number of carbonyl (C=O) groups excluding carboxylic acids is 2. The van der Waals surface area contributed by atoms with Crippen molar-refractivity contribution in [3.63, 3.8) is 0 Å². The zero-order valence-electron chi connectivity index (χ0n) is 10.9. The fraction of sp³-hybridized carbons (Fsp3) is 0.385. The normalized spacial score (nSPS) is 12.9. The molecule has 0 bridgehead atoms. The molecule has 0 unspecified atom stereocenters. The molecule has 1 atom stereocenters. The molecule has 0 aliphatic heterocycles. The van der Waals surface area contributed by atoms with Gasteiger partial charge in [-0.2, -0.15) is 0 Å². The van der Waals surface area contributed by atoms with Crippen LogP contribution in [0.15, 0.2) is 24.3 Å². The van der Waals surface area contributed by atoms with E-state index in [1.165, 1.54) is 0 Å². The Hall–Kier alpha value is -1.88. The molecule has 0 radical (unpaired) electrons. The molecule has 98 valence electrons. The summed E-state index contributed by atoms with van der Waals surface area (Å²) >= 11 is 0. The third-order valence-corrected chi connectivity index (χ3v) is 2.67. The summed E-state index contributed by atoms with van der Waals surface area (Å²) in [6.45, 7) is 5.62. The summed E-state index contributed by atoms with van der Waals surface area (Å²) in [6, 6.07) is 5.90. The number of rotatable bonds is 3. The van der Waals surface area contributed by atoms with Crippen molar-refractivity contribution in [2.45, 2.75) is 26.8 Å². The molecule has 0 fully saturated rings. The number of nitrogens with one attached hydrogen (secondary N) is 1. The summed E-state index contributed by atoms with van der Waals surface area (Å²) in [4.78, 5) is 23.2. The van der Waals surface area contributed by atoms with Gasteiger partial charge in [-0.1, -0.05) is 32.9 Å². The van der Waals surface area contributed by atoms with Crippen molar-refractivity contribution in [1.82, 2.24) is 0 Å². The first-order valence-corrected chi connectivity index (χ1v) is 5.68. The van der Waals surface area contributed by atoms with Gasteiger partial charge in [0.05, 0.1) is 17.3 Å². The molecule has 0 aliphatic carbocycles. The summed E-state index contributed by atoms with van der Waals surface area (Å²) < 4.78 is 0. The first-order valence-electron chi connectivity index (χ1n) is 5.68. The molecule has 0 spiro atoms. The highest BCUT2D eigenvalue weighted by molar-refractivity contribution is 6.04. The van der Waals surface area contributed by atoms with Gasteiger partial charge in [-0.3, -0.25) is 9.59 Å². The van der Waals surface area contributed by atoms with Crippen molar-refractivity contribution in [1.29, 1.82) is 0 Å². The Morgan fingerprint density at radius 3 is 2.28 bits per heavy atom. The molecule has 1 rings (SSSR count). The Balaban J connectivity index is 2.92. The number of anilines is 1. The minimum atomic E-state index is -0.668. The Bertz CT molecular complexity index is 464. The number of hydrogen-bond donors (Lipinski definition) is 3. The summed E-state index contributed by atoms with van der Waals surface area (Å²) in [7, 11) is 0. The average molecular weight is 249 g/mol. The molecule has 5 N–H and O–H groups in total. The summed E-state index contributed by atoms with van der Waals surface area (Å²) in [5.41, 5.74) is 11.4. The molecule has 0 heterocycles. The van der Waals surface area contributed by atoms with Gasteiger partial charge in [0.25, 0.3) is 5.91 Å². The lowest BCUT2D eigenvalue weighted by Gasteiger charge is -2.26. The summed E-state index contributed by atoms with van der Waals surface area (Å²) in [5, 5.41) is 2.63. The van der Waals surface area contributed by atoms with Crippen LogP contribution in [0.5, 0.6) is 0 Å². The molecule has 0 saturated heterocycles. The highest BCUT2D eigenvalue weighted by Gasteiger charge is 2.27. The standard InChI is InChI=1S/C13H19N3O2/c1-13(2,3)10(14)12(18)16-9-7-5-4-6-8(9)11(15)17/h4-7,10H,14H2,1-3H3,(H2,15,17)(H,16,18)/t10-/m1/s1. The summed E-state index contributed by atoms with van der Waals surface area (Å²) in [6.07, 6.45) is 0. The van der Waals surface area contributed by atoms with Gasteiger partial charge in [0.15, 0.2) is 0 Å². The predicted octanol–water partition coefficient (Wildman–Crippen LogP) is 1.10. The highest BCUT2D eigenvalue weighted by Crippen LogP contribution is 2.20. The lowest BCUT2D eigenvalue weighted by Crippen LogP contribution is -2.45. The van der Waals surface area contributed by atoms with Crippen molar-refractivity contribution in [2.75, 3.05) is 5.32 Å². The molecule has 0 saturated carbocycles. The molecule has 0 aromatic heterocycles. The van der Waals surface area contributed by atoms with Crippen LogP contribution in [0.2, 0.25) is 0 Å². The van der Waals surface area contributed by atoms with Gasteiger partial charge in [0.2, 0.25) is 5.91 Å². The maximum Gasteiger partial charge on any atom is 0.250 e. The topological polar surface area (TPSA) is 98.2 Å². The highest BCUT2D eigenvalue weighted by atomic mass is 16.2. The van der Waals surface area contributed by atoms with E-state index >= 15 is 0 Å². The third kappa shape index (κ3) is 3.30. The lowest BCUT2D eigenvalue weighted by molar-refractivity contribution is -0.119. The SMILES string of the molecule is CC(C)(C)[C@H](N)C(=O)Nc1ccccc1C(N)=O.